The number of nitrogens with one attached hydrogen (secondary N) is 1. The highest BCUT2D eigenvalue weighted by Crippen LogP contribution is 1.94. The molecule has 80 valence electrons. The fourth-order valence-corrected chi connectivity index (χ4v) is 1.03. The summed E-state index contributed by atoms with van der Waals surface area (Å²) in [5.74, 6) is -0.654. The number of rotatable bonds is 5. The maximum absolute atomic E-state index is 11.5. The zero-order valence-corrected chi connectivity index (χ0v) is 8.23. The number of aromatic amines is 1. The molecule has 5 heteroatoms. The quantitative estimate of drug-likeness (QED) is 0.572. The minimum atomic E-state index is -0.654. The van der Waals surface area contributed by atoms with Crippen LogP contribution in [0.2, 0.25) is 0 Å². The average molecular weight is 208 g/mol. The molecule has 0 amide bonds. The monoisotopic (exact) mass is 208 g/mol. The van der Waals surface area contributed by atoms with Crippen LogP contribution in [0.15, 0.2) is 36.3 Å². The van der Waals surface area contributed by atoms with Crippen molar-refractivity contribution in [3.05, 3.63) is 47.4 Å². The molecule has 0 saturated carbocycles. The molecule has 15 heavy (non-hydrogen) atoms. The molecule has 0 aromatic carbocycles. The molecule has 0 radical (unpaired) electrons. The van der Waals surface area contributed by atoms with Crippen molar-refractivity contribution in [3.8, 4) is 0 Å². The van der Waals surface area contributed by atoms with E-state index in [9.17, 15) is 9.59 Å². The molecule has 1 rings (SSSR count). The molecule has 1 heterocycles. The first-order valence-electron chi connectivity index (χ1n) is 4.37. The summed E-state index contributed by atoms with van der Waals surface area (Å²) in [4.78, 5) is 22.8. The van der Waals surface area contributed by atoms with Gasteiger partial charge in [0.2, 0.25) is 0 Å². The Morgan fingerprint density at radius 2 is 2.27 bits per heavy atom. The SMILES string of the molecule is C=CCOC(=O)c1c[nH]n(CC=C)c1=O. The van der Waals surface area contributed by atoms with Gasteiger partial charge >= 0.3 is 5.97 Å². The number of hydrogen-bond acceptors (Lipinski definition) is 3. The van der Waals surface area contributed by atoms with E-state index in [1.54, 1.807) is 6.08 Å². The number of nitrogens with zero attached hydrogens (tertiary/aromatic N) is 1. The first kappa shape index (κ1) is 11.0. The van der Waals surface area contributed by atoms with Gasteiger partial charge in [0.1, 0.15) is 12.2 Å². The van der Waals surface area contributed by atoms with Crippen LogP contribution in [0.25, 0.3) is 0 Å². The topological polar surface area (TPSA) is 64.1 Å². The first-order chi connectivity index (χ1) is 7.20. The maximum Gasteiger partial charge on any atom is 0.345 e. The van der Waals surface area contributed by atoms with E-state index >= 15 is 0 Å². The van der Waals surface area contributed by atoms with E-state index in [-0.39, 0.29) is 12.2 Å². The van der Waals surface area contributed by atoms with E-state index in [4.69, 9.17) is 4.74 Å². The van der Waals surface area contributed by atoms with Crippen LogP contribution >= 0.6 is 0 Å². The lowest BCUT2D eigenvalue weighted by atomic mass is 10.3. The molecule has 0 unspecified atom stereocenters. The number of H-pyrrole nitrogens is 1. The number of esters is 1. The summed E-state index contributed by atoms with van der Waals surface area (Å²) in [7, 11) is 0. The van der Waals surface area contributed by atoms with Gasteiger partial charge in [0, 0.05) is 6.20 Å². The molecule has 1 aromatic heterocycles. The second kappa shape index (κ2) is 4.99. The van der Waals surface area contributed by atoms with Crippen molar-refractivity contribution in [2.24, 2.45) is 0 Å². The Balaban J connectivity index is 2.86. The normalized spacial score (nSPS) is 9.60. The Labute approximate surface area is 86.7 Å². The van der Waals surface area contributed by atoms with E-state index in [1.807, 2.05) is 0 Å². The predicted octanol–water partition coefficient (Wildman–Crippen LogP) is 0.705. The minimum absolute atomic E-state index is 0.0151. The first-order valence-corrected chi connectivity index (χ1v) is 4.37. The lowest BCUT2D eigenvalue weighted by Gasteiger charge is -1.96. The van der Waals surface area contributed by atoms with Gasteiger partial charge in [-0.2, -0.15) is 0 Å². The summed E-state index contributed by atoms with van der Waals surface area (Å²) in [5.41, 5.74) is -0.428. The number of carbonyl (C=O) groups is 1. The van der Waals surface area contributed by atoms with Crippen LogP contribution < -0.4 is 5.56 Å². The van der Waals surface area contributed by atoms with Crippen molar-refractivity contribution < 1.29 is 9.53 Å². The number of allylic oxidation sites excluding steroid dienone is 1. The zero-order chi connectivity index (χ0) is 11.3. The van der Waals surface area contributed by atoms with Crippen molar-refractivity contribution in [2.45, 2.75) is 6.54 Å². The Morgan fingerprint density at radius 3 is 2.87 bits per heavy atom. The Bertz CT molecular complexity index is 428. The molecule has 0 saturated heterocycles. The lowest BCUT2D eigenvalue weighted by molar-refractivity contribution is 0.0548. The number of hydrogen-bond donors (Lipinski definition) is 1. The van der Waals surface area contributed by atoms with Crippen molar-refractivity contribution in [2.75, 3.05) is 6.61 Å². The molecule has 0 spiro atoms. The van der Waals surface area contributed by atoms with E-state index in [1.165, 1.54) is 17.0 Å². The summed E-state index contributed by atoms with van der Waals surface area (Å²) in [6.07, 6.45) is 4.31. The number of carbonyl (C=O) groups excluding carboxylic acids is 1. The number of ether oxygens (including phenoxy) is 1. The van der Waals surface area contributed by atoms with Gasteiger partial charge in [0.25, 0.3) is 5.56 Å². The molecule has 0 aliphatic rings. The molecule has 5 nitrogen and oxygen atoms in total. The summed E-state index contributed by atoms with van der Waals surface area (Å²) in [5, 5.41) is 2.64. The van der Waals surface area contributed by atoms with Crippen molar-refractivity contribution in [1.29, 1.82) is 0 Å². The molecule has 0 bridgehead atoms. The van der Waals surface area contributed by atoms with Crippen LogP contribution in [-0.2, 0) is 11.3 Å². The van der Waals surface area contributed by atoms with E-state index in [0.29, 0.717) is 6.54 Å². The highest BCUT2D eigenvalue weighted by atomic mass is 16.5. The molecule has 0 atom stereocenters. The van der Waals surface area contributed by atoms with Gasteiger partial charge in [-0.3, -0.25) is 4.79 Å². The summed E-state index contributed by atoms with van der Waals surface area (Å²) in [6, 6.07) is 0. The van der Waals surface area contributed by atoms with Crippen LogP contribution in [0.3, 0.4) is 0 Å². The second-order valence-corrected chi connectivity index (χ2v) is 2.78. The largest absolute Gasteiger partial charge is 0.458 e. The fourth-order valence-electron chi connectivity index (χ4n) is 1.03. The lowest BCUT2D eigenvalue weighted by Crippen LogP contribution is -2.22. The Kier molecular flexibility index (Phi) is 3.68. The van der Waals surface area contributed by atoms with Crippen LogP contribution in [0.5, 0.6) is 0 Å². The van der Waals surface area contributed by atoms with Crippen molar-refractivity contribution in [1.82, 2.24) is 9.78 Å². The van der Waals surface area contributed by atoms with Gasteiger partial charge in [-0.15, -0.1) is 6.58 Å². The fraction of sp³-hybridized carbons (Fsp3) is 0.200. The van der Waals surface area contributed by atoms with E-state index in [0.717, 1.165) is 0 Å². The smallest absolute Gasteiger partial charge is 0.345 e. The Morgan fingerprint density at radius 1 is 1.53 bits per heavy atom. The van der Waals surface area contributed by atoms with Crippen molar-refractivity contribution >= 4 is 5.97 Å². The van der Waals surface area contributed by atoms with Crippen molar-refractivity contribution in [3.63, 3.8) is 0 Å². The zero-order valence-electron chi connectivity index (χ0n) is 8.23. The summed E-state index contributed by atoms with van der Waals surface area (Å²) >= 11 is 0. The predicted molar refractivity (Wildman–Crippen MR) is 55.7 cm³/mol. The van der Waals surface area contributed by atoms with Gasteiger partial charge in [0.15, 0.2) is 0 Å². The van der Waals surface area contributed by atoms with Crippen LogP contribution in [-0.4, -0.2) is 22.4 Å². The maximum atomic E-state index is 11.5. The standard InChI is InChI=1S/C10H12N2O3/c1-3-5-12-9(13)8(7-11-12)10(14)15-6-4-2/h3-4,7,11H,1-2,5-6H2. The highest BCUT2D eigenvalue weighted by Gasteiger charge is 2.14. The second-order valence-electron chi connectivity index (χ2n) is 2.78. The molecule has 0 fully saturated rings. The van der Waals surface area contributed by atoms with Crippen LogP contribution in [0.4, 0.5) is 0 Å². The molecule has 0 aliphatic heterocycles. The van der Waals surface area contributed by atoms with Gasteiger partial charge in [-0.05, 0) is 0 Å². The van der Waals surface area contributed by atoms with Crippen LogP contribution in [0, 0.1) is 0 Å². The average Bonchev–Trinajstić information content (AvgIpc) is 2.58. The number of aromatic nitrogens is 2. The van der Waals surface area contributed by atoms with Gasteiger partial charge in [-0.25, -0.2) is 9.48 Å². The van der Waals surface area contributed by atoms with Gasteiger partial charge in [0.05, 0.1) is 6.54 Å². The molecular weight excluding hydrogens is 196 g/mol. The third kappa shape index (κ3) is 2.46. The molecular formula is C10H12N2O3. The van der Waals surface area contributed by atoms with Gasteiger partial charge < -0.3 is 9.84 Å². The van der Waals surface area contributed by atoms with Crippen LogP contribution in [0.1, 0.15) is 10.4 Å². The summed E-state index contributed by atoms with van der Waals surface area (Å²) in [6.45, 7) is 7.31. The minimum Gasteiger partial charge on any atom is -0.458 e. The third-order valence-corrected chi connectivity index (χ3v) is 1.70. The highest BCUT2D eigenvalue weighted by molar-refractivity contribution is 5.88. The molecule has 1 N–H and O–H groups in total. The molecule has 0 aliphatic carbocycles. The third-order valence-electron chi connectivity index (χ3n) is 1.70. The summed E-state index contributed by atoms with van der Waals surface area (Å²) < 4.78 is 5.99. The van der Waals surface area contributed by atoms with E-state index in [2.05, 4.69) is 18.3 Å². The Hall–Kier alpha value is -2.04. The van der Waals surface area contributed by atoms with E-state index < -0.39 is 11.5 Å². The molecule has 1 aromatic rings. The van der Waals surface area contributed by atoms with Gasteiger partial charge in [-0.1, -0.05) is 18.7 Å².